The fourth-order valence-corrected chi connectivity index (χ4v) is 3.20. The number of carbonyl (C=O) groups is 2. The molecule has 1 unspecified atom stereocenters. The second-order valence-corrected chi connectivity index (χ2v) is 6.59. The predicted octanol–water partition coefficient (Wildman–Crippen LogP) is 1.91. The zero-order valence-electron chi connectivity index (χ0n) is 15.7. The van der Waals surface area contributed by atoms with Gasteiger partial charge in [0.15, 0.2) is 6.54 Å². The number of hydrogen-bond donors (Lipinski definition) is 3. The molecule has 1 atom stereocenters. The minimum Gasteiger partial charge on any atom is -0.467 e. The van der Waals surface area contributed by atoms with Gasteiger partial charge in [0.25, 0.3) is 5.91 Å². The van der Waals surface area contributed by atoms with Crippen LogP contribution in [-0.4, -0.2) is 25.5 Å². The van der Waals surface area contributed by atoms with Gasteiger partial charge < -0.3 is 14.6 Å². The quantitative estimate of drug-likeness (QED) is 0.588. The zero-order valence-corrected chi connectivity index (χ0v) is 15.7. The van der Waals surface area contributed by atoms with E-state index in [0.29, 0.717) is 5.76 Å². The third-order valence-corrected chi connectivity index (χ3v) is 4.45. The van der Waals surface area contributed by atoms with Gasteiger partial charge in [0.05, 0.1) is 19.9 Å². The van der Waals surface area contributed by atoms with E-state index in [2.05, 4.69) is 34.9 Å². The molecule has 2 aromatic carbocycles. The number of benzene rings is 2. The van der Waals surface area contributed by atoms with Gasteiger partial charge in [-0.15, -0.1) is 0 Å². The molecule has 3 N–H and O–H groups in total. The highest BCUT2D eigenvalue weighted by molar-refractivity contribution is 5.94. The molecule has 0 aliphatic rings. The minimum absolute atomic E-state index is 0.0145. The van der Waals surface area contributed by atoms with Crippen LogP contribution < -0.4 is 15.5 Å². The first-order valence-electron chi connectivity index (χ1n) is 9.16. The third kappa shape index (κ3) is 5.31. The molecule has 0 spiro atoms. The van der Waals surface area contributed by atoms with Gasteiger partial charge in [0, 0.05) is 11.1 Å². The van der Waals surface area contributed by atoms with E-state index in [1.807, 2.05) is 43.4 Å². The molecule has 6 heteroatoms. The van der Waals surface area contributed by atoms with E-state index in [1.165, 1.54) is 6.26 Å². The summed E-state index contributed by atoms with van der Waals surface area (Å²) in [7, 11) is 1.95. The standard InChI is InChI=1S/C22H23N3O3/c1-25(16-20(26)24-22(27)23-15-19-13-8-14-28-19)21(17-9-4-2-5-10-17)18-11-6-3-7-12-18/h2-14,21H,15-16H2,1H3,(H2,23,24,26,27)/p+1. The lowest BCUT2D eigenvalue weighted by Gasteiger charge is -2.25. The molecule has 1 heterocycles. The Hall–Kier alpha value is -3.38. The number of quaternary nitrogens is 1. The van der Waals surface area contributed by atoms with Crippen LogP contribution in [0.2, 0.25) is 0 Å². The molecule has 0 saturated carbocycles. The number of nitrogens with one attached hydrogen (secondary N) is 3. The monoisotopic (exact) mass is 378 g/mol. The van der Waals surface area contributed by atoms with E-state index in [-0.39, 0.29) is 25.0 Å². The maximum Gasteiger partial charge on any atom is 0.321 e. The number of urea groups is 1. The van der Waals surface area contributed by atoms with Crippen LogP contribution >= 0.6 is 0 Å². The third-order valence-electron chi connectivity index (χ3n) is 4.45. The lowest BCUT2D eigenvalue weighted by molar-refractivity contribution is -0.898. The number of carbonyl (C=O) groups excluding carboxylic acids is 2. The Labute approximate surface area is 164 Å². The molecular formula is C22H24N3O3+. The first-order chi connectivity index (χ1) is 13.6. The summed E-state index contributed by atoms with van der Waals surface area (Å²) in [5.74, 6) is 0.282. The van der Waals surface area contributed by atoms with Gasteiger partial charge in [-0.25, -0.2) is 4.79 Å². The average Bonchev–Trinajstić information content (AvgIpc) is 3.22. The molecule has 0 saturated heterocycles. The topological polar surface area (TPSA) is 75.8 Å². The molecule has 144 valence electrons. The predicted molar refractivity (Wildman–Crippen MR) is 106 cm³/mol. The second-order valence-electron chi connectivity index (χ2n) is 6.59. The minimum atomic E-state index is -0.537. The second kappa shape index (κ2) is 9.53. The van der Waals surface area contributed by atoms with Crippen LogP contribution in [0.25, 0.3) is 0 Å². The Kier molecular flexibility index (Phi) is 6.59. The first kappa shape index (κ1) is 19.4. The Morgan fingerprint density at radius 3 is 2.07 bits per heavy atom. The molecule has 6 nitrogen and oxygen atoms in total. The molecular weight excluding hydrogens is 354 g/mol. The molecule has 28 heavy (non-hydrogen) atoms. The van der Waals surface area contributed by atoms with E-state index >= 15 is 0 Å². The molecule has 0 aliphatic heterocycles. The fourth-order valence-electron chi connectivity index (χ4n) is 3.20. The maximum absolute atomic E-state index is 12.4. The van der Waals surface area contributed by atoms with Crippen LogP contribution in [0.1, 0.15) is 22.9 Å². The van der Waals surface area contributed by atoms with E-state index in [9.17, 15) is 9.59 Å². The normalized spacial score (nSPS) is 11.8. The highest BCUT2D eigenvalue weighted by Crippen LogP contribution is 2.18. The van der Waals surface area contributed by atoms with Gasteiger partial charge in [-0.2, -0.15) is 0 Å². The van der Waals surface area contributed by atoms with Crippen molar-refractivity contribution in [2.75, 3.05) is 13.6 Å². The number of furan rings is 1. The van der Waals surface area contributed by atoms with Gasteiger partial charge in [0.2, 0.25) is 0 Å². The van der Waals surface area contributed by atoms with Crippen LogP contribution in [-0.2, 0) is 11.3 Å². The molecule has 0 fully saturated rings. The van der Waals surface area contributed by atoms with E-state index in [4.69, 9.17) is 4.42 Å². The van der Waals surface area contributed by atoms with Crippen molar-refractivity contribution in [3.8, 4) is 0 Å². The van der Waals surface area contributed by atoms with Crippen molar-refractivity contribution in [1.29, 1.82) is 0 Å². The molecule has 0 bridgehead atoms. The Balaban J connectivity index is 1.62. The fraction of sp³-hybridized carbons (Fsp3) is 0.182. The van der Waals surface area contributed by atoms with E-state index in [0.717, 1.165) is 16.0 Å². The number of hydrogen-bond acceptors (Lipinski definition) is 3. The van der Waals surface area contributed by atoms with Gasteiger partial charge in [-0.3, -0.25) is 10.1 Å². The molecule has 3 amide bonds. The number of likely N-dealkylation sites (N-methyl/N-ethyl adjacent to an activating group) is 1. The summed E-state index contributed by atoms with van der Waals surface area (Å²) >= 11 is 0. The van der Waals surface area contributed by atoms with Crippen LogP contribution in [0.15, 0.2) is 83.5 Å². The van der Waals surface area contributed by atoms with Crippen LogP contribution in [0.3, 0.4) is 0 Å². The highest BCUT2D eigenvalue weighted by Gasteiger charge is 2.25. The van der Waals surface area contributed by atoms with Crippen molar-refractivity contribution in [2.45, 2.75) is 12.6 Å². The van der Waals surface area contributed by atoms with Crippen LogP contribution in [0.4, 0.5) is 4.79 Å². The smallest absolute Gasteiger partial charge is 0.321 e. The summed E-state index contributed by atoms with van der Waals surface area (Å²) in [5, 5.41) is 4.99. The Bertz CT molecular complexity index is 840. The Morgan fingerprint density at radius 2 is 1.54 bits per heavy atom. The SMILES string of the molecule is C[NH+](CC(=O)NC(=O)NCc1ccco1)C(c1ccccc1)c1ccccc1. The summed E-state index contributed by atoms with van der Waals surface area (Å²) in [5.41, 5.74) is 2.22. The molecule has 0 aliphatic carbocycles. The van der Waals surface area contributed by atoms with Crippen molar-refractivity contribution >= 4 is 11.9 Å². The molecule has 3 rings (SSSR count). The van der Waals surface area contributed by atoms with Crippen molar-refractivity contribution in [3.05, 3.63) is 95.9 Å². The van der Waals surface area contributed by atoms with Gasteiger partial charge >= 0.3 is 6.03 Å². The summed E-state index contributed by atoms with van der Waals surface area (Å²) in [6.45, 7) is 0.383. The average molecular weight is 378 g/mol. The maximum atomic E-state index is 12.4. The lowest BCUT2D eigenvalue weighted by Crippen LogP contribution is -3.10. The molecule has 1 aromatic heterocycles. The first-order valence-corrected chi connectivity index (χ1v) is 9.16. The van der Waals surface area contributed by atoms with Crippen LogP contribution in [0.5, 0.6) is 0 Å². The number of rotatable bonds is 7. The Morgan fingerprint density at radius 1 is 0.929 bits per heavy atom. The van der Waals surface area contributed by atoms with Crippen molar-refractivity contribution in [1.82, 2.24) is 10.6 Å². The number of amides is 3. The molecule has 0 radical (unpaired) electrons. The summed E-state index contributed by atoms with van der Waals surface area (Å²) < 4.78 is 5.15. The van der Waals surface area contributed by atoms with E-state index < -0.39 is 6.03 Å². The number of imide groups is 1. The van der Waals surface area contributed by atoms with Gasteiger partial charge in [0.1, 0.15) is 11.8 Å². The summed E-state index contributed by atoms with van der Waals surface area (Å²) in [6.07, 6.45) is 1.53. The van der Waals surface area contributed by atoms with Crippen molar-refractivity contribution in [3.63, 3.8) is 0 Å². The largest absolute Gasteiger partial charge is 0.467 e. The zero-order chi connectivity index (χ0) is 19.8. The lowest BCUT2D eigenvalue weighted by atomic mass is 9.97. The summed E-state index contributed by atoms with van der Waals surface area (Å²) in [4.78, 5) is 25.3. The molecule has 3 aromatic rings. The van der Waals surface area contributed by atoms with Crippen molar-refractivity contribution < 1.29 is 18.9 Å². The van der Waals surface area contributed by atoms with Gasteiger partial charge in [-0.05, 0) is 12.1 Å². The van der Waals surface area contributed by atoms with E-state index in [1.54, 1.807) is 12.1 Å². The summed E-state index contributed by atoms with van der Waals surface area (Å²) in [6, 6.07) is 23.0. The highest BCUT2D eigenvalue weighted by atomic mass is 16.3. The van der Waals surface area contributed by atoms with Crippen LogP contribution in [0, 0.1) is 0 Å². The van der Waals surface area contributed by atoms with Gasteiger partial charge in [-0.1, -0.05) is 60.7 Å². The van der Waals surface area contributed by atoms with Crippen molar-refractivity contribution in [2.24, 2.45) is 0 Å².